The number of methoxy groups -OCH3 is 1. The van der Waals surface area contributed by atoms with Crippen LogP contribution in [-0.4, -0.2) is 42.3 Å². The van der Waals surface area contributed by atoms with E-state index < -0.39 is 20.0 Å². The van der Waals surface area contributed by atoms with Gasteiger partial charge in [-0.1, -0.05) is 122 Å². The zero-order valence-electron chi connectivity index (χ0n) is 24.7. The number of unbranched alkanes of at least 4 members (excludes halogenated alkanes) is 14. The second-order valence-electron chi connectivity index (χ2n) is 10.1. The van der Waals surface area contributed by atoms with Gasteiger partial charge in [0.05, 0.1) is 13.7 Å². The fourth-order valence-corrected chi connectivity index (χ4v) is 5.95. The highest BCUT2D eigenvalue weighted by molar-refractivity contribution is 7.99. The smallest absolute Gasteiger partial charge is 0.461 e. The van der Waals surface area contributed by atoms with E-state index in [4.69, 9.17) is 19.2 Å². The van der Waals surface area contributed by atoms with E-state index in [0.717, 1.165) is 18.6 Å². The molecule has 6 nitrogen and oxygen atoms in total. The molecular weight excluding hydrogens is 507 g/mol. The van der Waals surface area contributed by atoms with E-state index in [1.54, 1.807) is 0 Å². The van der Waals surface area contributed by atoms with Crippen LogP contribution in [0.3, 0.4) is 0 Å². The highest BCUT2D eigenvalue weighted by Crippen LogP contribution is 2.32. The summed E-state index contributed by atoms with van der Waals surface area (Å²) in [6, 6.07) is 0. The van der Waals surface area contributed by atoms with Crippen LogP contribution in [0.15, 0.2) is 0 Å². The number of rotatable bonds is 28. The zero-order valence-corrected chi connectivity index (χ0v) is 26.5. The summed E-state index contributed by atoms with van der Waals surface area (Å²) >= 11 is 1.93. The number of ether oxygens (including phenoxy) is 2. The molecule has 0 aromatic carbocycles. The molecule has 0 N–H and O–H groups in total. The molecule has 220 valence electrons. The van der Waals surface area contributed by atoms with Gasteiger partial charge in [-0.2, -0.15) is 11.8 Å². The summed E-state index contributed by atoms with van der Waals surface area (Å²) < 4.78 is 22.2. The Kier molecular flexibility index (Phi) is 25.9. The molecule has 0 fully saturated rings. The number of carbonyl (C=O) groups is 1. The van der Waals surface area contributed by atoms with Gasteiger partial charge in [0.15, 0.2) is 0 Å². The van der Waals surface area contributed by atoms with E-state index in [2.05, 4.69) is 13.8 Å². The molecule has 0 saturated carbocycles. The molecule has 4 unspecified atom stereocenters. The Labute approximate surface area is 234 Å². The number of hydrogen-bond acceptors (Lipinski definition) is 7. The first-order valence-electron chi connectivity index (χ1n) is 15.1. The van der Waals surface area contributed by atoms with Crippen molar-refractivity contribution in [1.29, 1.82) is 0 Å². The van der Waals surface area contributed by atoms with Gasteiger partial charge in [0.2, 0.25) is 0 Å². The fraction of sp³-hybridized carbons (Fsp3) is 0.966. The summed E-state index contributed by atoms with van der Waals surface area (Å²) in [5, 5.41) is 0.237. The molecule has 0 saturated heterocycles. The SMILES string of the molecule is CCCCCCCCCCCCCSC(CCCCCCC)C(C)OOC(OCCC)([PH+]=O)C(=O)OC. The molecule has 0 radical (unpaired) electrons. The molecule has 0 heterocycles. The van der Waals surface area contributed by atoms with Crippen molar-refractivity contribution in [1.82, 2.24) is 0 Å². The number of hydrogen-bond donors (Lipinski definition) is 0. The van der Waals surface area contributed by atoms with Crippen LogP contribution in [0.4, 0.5) is 0 Å². The monoisotopic (exact) mass is 565 g/mol. The van der Waals surface area contributed by atoms with E-state index in [1.807, 2.05) is 25.6 Å². The van der Waals surface area contributed by atoms with Gasteiger partial charge >= 0.3 is 20.0 Å². The molecule has 0 spiro atoms. The third-order valence-corrected chi connectivity index (χ3v) is 8.88. The lowest BCUT2D eigenvalue weighted by atomic mass is 10.1. The van der Waals surface area contributed by atoms with Crippen LogP contribution in [0.1, 0.15) is 143 Å². The third kappa shape index (κ3) is 18.7. The van der Waals surface area contributed by atoms with E-state index >= 15 is 0 Å². The predicted molar refractivity (Wildman–Crippen MR) is 158 cm³/mol. The van der Waals surface area contributed by atoms with Gasteiger partial charge < -0.3 is 4.74 Å². The lowest BCUT2D eigenvalue weighted by molar-refractivity contribution is -0.402. The normalized spacial score (nSPS) is 14.9. The van der Waals surface area contributed by atoms with Crippen molar-refractivity contribution in [3.05, 3.63) is 0 Å². The van der Waals surface area contributed by atoms with E-state index in [0.29, 0.717) is 6.42 Å². The van der Waals surface area contributed by atoms with E-state index in [1.165, 1.54) is 103 Å². The zero-order chi connectivity index (χ0) is 27.6. The Balaban J connectivity index is 4.56. The average Bonchev–Trinajstić information content (AvgIpc) is 2.92. The summed E-state index contributed by atoms with van der Waals surface area (Å²) in [7, 11) is 0.0328. The highest BCUT2D eigenvalue weighted by Gasteiger charge is 2.55. The van der Waals surface area contributed by atoms with Gasteiger partial charge in [-0.3, -0.25) is 4.74 Å². The van der Waals surface area contributed by atoms with Crippen LogP contribution < -0.4 is 0 Å². The number of thioether (sulfide) groups is 1. The minimum absolute atomic E-state index is 0.219. The van der Waals surface area contributed by atoms with Gasteiger partial charge in [0, 0.05) is 5.25 Å². The minimum atomic E-state index is -2.02. The number of esters is 1. The molecule has 37 heavy (non-hydrogen) atoms. The maximum Gasteiger partial charge on any atom is 0.497 e. The van der Waals surface area contributed by atoms with Crippen molar-refractivity contribution >= 4 is 26.2 Å². The molecule has 0 amide bonds. The first kappa shape index (κ1) is 36.8. The predicted octanol–water partition coefficient (Wildman–Crippen LogP) is 9.37. The largest absolute Gasteiger partial charge is 0.497 e. The first-order chi connectivity index (χ1) is 18.0. The average molecular weight is 566 g/mol. The van der Waals surface area contributed by atoms with E-state index in [-0.39, 0.29) is 18.0 Å². The van der Waals surface area contributed by atoms with Crippen LogP contribution in [0.5, 0.6) is 0 Å². The lowest BCUT2D eigenvalue weighted by Crippen LogP contribution is -2.42. The summed E-state index contributed by atoms with van der Waals surface area (Å²) in [6.07, 6.45) is 22.3. The fourth-order valence-electron chi connectivity index (χ4n) is 4.19. The van der Waals surface area contributed by atoms with E-state index in [9.17, 15) is 9.36 Å². The second-order valence-corrected chi connectivity index (χ2v) is 12.3. The second kappa shape index (κ2) is 26.0. The Morgan fingerprint density at radius 1 is 0.784 bits per heavy atom. The summed E-state index contributed by atoms with van der Waals surface area (Å²) in [5.41, 5.74) is -2.02. The van der Waals surface area contributed by atoms with Crippen LogP contribution >= 0.6 is 20.2 Å². The molecule has 0 bridgehead atoms. The van der Waals surface area contributed by atoms with Crippen molar-refractivity contribution in [3.8, 4) is 0 Å². The van der Waals surface area contributed by atoms with Crippen molar-refractivity contribution in [3.63, 3.8) is 0 Å². The Hall–Kier alpha value is -0.200. The van der Waals surface area contributed by atoms with Crippen molar-refractivity contribution < 1.29 is 28.6 Å². The summed E-state index contributed by atoms with van der Waals surface area (Å²) in [5.74, 6) is 0.244. The van der Waals surface area contributed by atoms with Crippen LogP contribution in [0.2, 0.25) is 0 Å². The molecule has 0 aromatic heterocycles. The maximum atomic E-state index is 12.3. The minimum Gasteiger partial charge on any atom is -0.461 e. The van der Waals surface area contributed by atoms with Crippen molar-refractivity contribution in [2.24, 2.45) is 0 Å². The lowest BCUT2D eigenvalue weighted by Gasteiger charge is -2.25. The van der Waals surface area contributed by atoms with Gasteiger partial charge in [0.1, 0.15) is 6.10 Å². The van der Waals surface area contributed by atoms with Gasteiger partial charge in [0.25, 0.3) is 0 Å². The topological polar surface area (TPSA) is 71.1 Å². The third-order valence-electron chi connectivity index (χ3n) is 6.61. The van der Waals surface area contributed by atoms with Gasteiger partial charge in [-0.05, 0) is 31.9 Å². The van der Waals surface area contributed by atoms with Crippen LogP contribution in [-0.2, 0) is 28.6 Å². The van der Waals surface area contributed by atoms with Gasteiger partial charge in [-0.15, -0.1) is 4.89 Å². The van der Waals surface area contributed by atoms with Crippen molar-refractivity contribution in [2.45, 2.75) is 160 Å². The molecule has 0 aliphatic rings. The molecule has 4 atom stereocenters. The summed E-state index contributed by atoms with van der Waals surface area (Å²) in [6.45, 7) is 8.57. The maximum absolute atomic E-state index is 12.3. The molecular formula is C29H58O6PS+. The van der Waals surface area contributed by atoms with Crippen molar-refractivity contribution in [2.75, 3.05) is 19.5 Å². The standard InChI is InChI=1S/C29H57O6PS/c1-6-9-11-13-14-15-16-17-18-20-22-25-37-27(23-21-19-12-10-7-2)26(4)34-35-29(36-31,28(30)32-5)33-24-8-3/h26-27H,6-25H2,1-5H3/p+1. The summed E-state index contributed by atoms with van der Waals surface area (Å²) in [4.78, 5) is 23.4. The molecule has 0 aliphatic carbocycles. The van der Waals surface area contributed by atoms with Crippen LogP contribution in [0.25, 0.3) is 0 Å². The Morgan fingerprint density at radius 2 is 1.30 bits per heavy atom. The van der Waals surface area contributed by atoms with Gasteiger partial charge in [-0.25, -0.2) is 9.68 Å². The molecule has 0 aliphatic heterocycles. The molecule has 0 rings (SSSR count). The molecule has 8 heteroatoms. The Bertz CT molecular complexity index is 539. The number of carbonyl (C=O) groups excluding carboxylic acids is 1. The molecule has 0 aromatic rings. The Morgan fingerprint density at radius 3 is 1.78 bits per heavy atom. The first-order valence-corrected chi connectivity index (χ1v) is 17.0. The highest BCUT2D eigenvalue weighted by atomic mass is 32.2. The quantitative estimate of drug-likeness (QED) is 0.0234. The van der Waals surface area contributed by atoms with Crippen LogP contribution in [0, 0.1) is 0 Å².